The van der Waals surface area contributed by atoms with Gasteiger partial charge in [0.05, 0.1) is 5.60 Å². The number of hydrogen-bond donors (Lipinski definition) is 1. The van der Waals surface area contributed by atoms with Gasteiger partial charge in [-0.25, -0.2) is 0 Å². The fraction of sp³-hybridized carbons (Fsp3) is 0.903. The van der Waals surface area contributed by atoms with Crippen LogP contribution in [-0.4, -0.2) is 22.8 Å². The van der Waals surface area contributed by atoms with E-state index in [0.717, 1.165) is 25.7 Å². The van der Waals surface area contributed by atoms with Gasteiger partial charge in [-0.3, -0.25) is 4.79 Å². The summed E-state index contributed by atoms with van der Waals surface area (Å²) in [6.45, 7) is 20.7. The molecule has 0 amide bonds. The monoisotopic (exact) mass is 470 g/mol. The first kappa shape index (κ1) is 24.8. The Morgan fingerprint density at radius 3 is 2.18 bits per heavy atom. The van der Waals surface area contributed by atoms with Gasteiger partial charge in [-0.2, -0.15) is 0 Å². The minimum atomic E-state index is -0.470. The highest BCUT2D eigenvalue weighted by molar-refractivity contribution is 5.66. The molecular weight excluding hydrogens is 420 g/mol. The van der Waals surface area contributed by atoms with E-state index in [4.69, 9.17) is 4.74 Å². The number of esters is 1. The van der Waals surface area contributed by atoms with E-state index >= 15 is 0 Å². The van der Waals surface area contributed by atoms with E-state index < -0.39 is 5.60 Å². The predicted molar refractivity (Wildman–Crippen MR) is 137 cm³/mol. The zero-order valence-corrected chi connectivity index (χ0v) is 23.0. The molecule has 0 aliphatic heterocycles. The summed E-state index contributed by atoms with van der Waals surface area (Å²) in [6.07, 6.45) is 11.5. The number of carbonyl (C=O) groups excluding carboxylic acids is 1. The largest absolute Gasteiger partial charge is 0.462 e. The molecule has 0 spiro atoms. The first-order valence-electron chi connectivity index (χ1n) is 14.3. The van der Waals surface area contributed by atoms with Crippen LogP contribution in [-0.2, 0) is 9.53 Å². The normalized spacial score (nSPS) is 53.6. The number of ether oxygens (including phenoxy) is 1. The van der Waals surface area contributed by atoms with Gasteiger partial charge in [-0.15, -0.1) is 0 Å². The second-order valence-electron chi connectivity index (χ2n) is 14.7. The lowest BCUT2D eigenvalue weighted by Crippen LogP contribution is -2.67. The van der Waals surface area contributed by atoms with Crippen LogP contribution >= 0.6 is 0 Å². The number of rotatable bonds is 2. The molecule has 5 rings (SSSR count). The van der Waals surface area contributed by atoms with Gasteiger partial charge < -0.3 is 9.84 Å². The third kappa shape index (κ3) is 3.07. The summed E-state index contributed by atoms with van der Waals surface area (Å²) in [5.74, 6) is 2.64. The Labute approximate surface area is 208 Å². The topological polar surface area (TPSA) is 46.5 Å². The molecule has 1 N–H and O–H groups in total. The minimum absolute atomic E-state index is 0.0150. The number of fused-ring (bicyclic) bond motifs is 7. The van der Waals surface area contributed by atoms with Crippen molar-refractivity contribution >= 4 is 5.97 Å². The molecule has 0 radical (unpaired) electrons. The van der Waals surface area contributed by atoms with Crippen LogP contribution in [0.5, 0.6) is 0 Å². The number of carbonyl (C=O) groups is 1. The highest BCUT2D eigenvalue weighted by Gasteiger charge is 2.71. The van der Waals surface area contributed by atoms with Crippen molar-refractivity contribution in [3.8, 4) is 0 Å². The Kier molecular flexibility index (Phi) is 5.55. The molecule has 192 valence electrons. The molecule has 3 nitrogen and oxygen atoms in total. The summed E-state index contributed by atoms with van der Waals surface area (Å²) in [5, 5.41) is 11.8. The van der Waals surface area contributed by atoms with Gasteiger partial charge in [0.1, 0.15) is 6.10 Å². The van der Waals surface area contributed by atoms with Crippen molar-refractivity contribution in [2.24, 2.45) is 51.2 Å². The fourth-order valence-corrected chi connectivity index (χ4v) is 11.5. The molecular formula is C31H50O3. The molecule has 5 aliphatic rings. The third-order valence-electron chi connectivity index (χ3n) is 13.3. The number of aliphatic hydroxyl groups is 1. The second kappa shape index (κ2) is 7.59. The van der Waals surface area contributed by atoms with E-state index in [1.54, 1.807) is 6.92 Å². The van der Waals surface area contributed by atoms with Crippen molar-refractivity contribution in [1.82, 2.24) is 0 Å². The van der Waals surface area contributed by atoms with Crippen LogP contribution in [0.1, 0.15) is 113 Å². The molecule has 0 aromatic heterocycles. The van der Waals surface area contributed by atoms with Gasteiger partial charge in [0.25, 0.3) is 0 Å². The van der Waals surface area contributed by atoms with Crippen LogP contribution in [0.3, 0.4) is 0 Å². The molecule has 0 aromatic carbocycles. The maximum atomic E-state index is 11.9. The van der Waals surface area contributed by atoms with Crippen LogP contribution < -0.4 is 0 Å². The molecule has 5 fully saturated rings. The first-order valence-corrected chi connectivity index (χ1v) is 14.3. The van der Waals surface area contributed by atoms with Crippen molar-refractivity contribution in [1.29, 1.82) is 0 Å². The Morgan fingerprint density at radius 1 is 0.824 bits per heavy atom. The lowest BCUT2D eigenvalue weighted by Gasteiger charge is -2.72. The summed E-state index contributed by atoms with van der Waals surface area (Å²) >= 11 is 0. The molecule has 5 saturated carbocycles. The van der Waals surface area contributed by atoms with Crippen molar-refractivity contribution in [2.45, 2.75) is 124 Å². The highest BCUT2D eigenvalue weighted by Crippen LogP contribution is 2.76. The minimum Gasteiger partial charge on any atom is -0.462 e. The predicted octanol–water partition coefficient (Wildman–Crippen LogP) is 7.32. The Hall–Kier alpha value is -0.830. The van der Waals surface area contributed by atoms with E-state index in [1.165, 1.54) is 44.1 Å². The highest BCUT2D eigenvalue weighted by atomic mass is 16.5. The zero-order valence-electron chi connectivity index (χ0n) is 23.0. The SMILES string of the molecule is C=C(C)C1CCC2(O)CCC3(C)C(CCC4C5(C)CCC(OC(C)=O)C(C)(C)C5CCC43C)C12. The molecule has 0 bridgehead atoms. The molecule has 34 heavy (non-hydrogen) atoms. The quantitative estimate of drug-likeness (QED) is 0.340. The molecule has 3 heteroatoms. The van der Waals surface area contributed by atoms with E-state index in [9.17, 15) is 9.90 Å². The van der Waals surface area contributed by atoms with E-state index in [-0.39, 0.29) is 28.3 Å². The second-order valence-corrected chi connectivity index (χ2v) is 14.7. The molecule has 10 unspecified atom stereocenters. The molecule has 0 aromatic rings. The van der Waals surface area contributed by atoms with Gasteiger partial charge in [0, 0.05) is 12.3 Å². The summed E-state index contributed by atoms with van der Waals surface area (Å²) < 4.78 is 5.89. The van der Waals surface area contributed by atoms with Crippen molar-refractivity contribution < 1.29 is 14.6 Å². The van der Waals surface area contributed by atoms with Gasteiger partial charge >= 0.3 is 5.97 Å². The van der Waals surface area contributed by atoms with E-state index in [1.807, 2.05) is 0 Å². The number of hydrogen-bond acceptors (Lipinski definition) is 3. The van der Waals surface area contributed by atoms with Gasteiger partial charge in [0.2, 0.25) is 0 Å². The van der Waals surface area contributed by atoms with Gasteiger partial charge in [-0.1, -0.05) is 46.8 Å². The van der Waals surface area contributed by atoms with Crippen molar-refractivity contribution in [3.63, 3.8) is 0 Å². The Balaban J connectivity index is 1.50. The van der Waals surface area contributed by atoms with E-state index in [0.29, 0.717) is 35.0 Å². The van der Waals surface area contributed by atoms with Gasteiger partial charge in [-0.05, 0) is 117 Å². The lowest BCUT2D eigenvalue weighted by molar-refractivity contribution is -0.255. The van der Waals surface area contributed by atoms with Crippen LogP contribution in [0.25, 0.3) is 0 Å². The van der Waals surface area contributed by atoms with Crippen LogP contribution in [0.4, 0.5) is 0 Å². The van der Waals surface area contributed by atoms with Crippen LogP contribution in [0, 0.1) is 51.2 Å². The molecule has 0 saturated heterocycles. The van der Waals surface area contributed by atoms with Gasteiger partial charge in [0.15, 0.2) is 0 Å². The Bertz CT molecular complexity index is 876. The summed E-state index contributed by atoms with van der Waals surface area (Å²) in [4.78, 5) is 11.9. The summed E-state index contributed by atoms with van der Waals surface area (Å²) in [7, 11) is 0. The lowest BCUT2D eigenvalue weighted by atomic mass is 9.33. The average Bonchev–Trinajstić information content (AvgIpc) is 3.08. The number of allylic oxidation sites excluding steroid dienone is 1. The maximum absolute atomic E-state index is 11.9. The third-order valence-corrected chi connectivity index (χ3v) is 13.3. The Morgan fingerprint density at radius 2 is 1.53 bits per heavy atom. The fourth-order valence-electron chi connectivity index (χ4n) is 11.5. The van der Waals surface area contributed by atoms with E-state index in [2.05, 4.69) is 48.1 Å². The molecule has 5 aliphatic carbocycles. The smallest absolute Gasteiger partial charge is 0.302 e. The van der Waals surface area contributed by atoms with Crippen LogP contribution in [0.2, 0.25) is 0 Å². The van der Waals surface area contributed by atoms with Crippen molar-refractivity contribution in [2.75, 3.05) is 0 Å². The zero-order chi connectivity index (χ0) is 24.9. The maximum Gasteiger partial charge on any atom is 0.302 e. The first-order chi connectivity index (χ1) is 15.7. The van der Waals surface area contributed by atoms with Crippen molar-refractivity contribution in [3.05, 3.63) is 12.2 Å². The summed E-state index contributed by atoms with van der Waals surface area (Å²) in [6, 6.07) is 0. The van der Waals surface area contributed by atoms with Crippen LogP contribution in [0.15, 0.2) is 12.2 Å². The average molecular weight is 471 g/mol. The summed E-state index contributed by atoms with van der Waals surface area (Å²) in [5.41, 5.74) is 1.70. The molecule has 10 atom stereocenters. The standard InChI is InChI=1S/C31H50O3/c1-19(2)21-11-16-31(33)18-17-29(7)22(26(21)31)9-10-24-28(6)14-13-25(34-20(3)32)27(4,5)23(28)12-15-30(24,29)8/h21-26,33H,1,9-18H2,2-8H3. The molecule has 0 heterocycles.